The minimum atomic E-state index is -0.304. The van der Waals surface area contributed by atoms with Gasteiger partial charge in [0.05, 0.1) is 12.3 Å². The molecule has 2 aromatic rings. The third kappa shape index (κ3) is 5.32. The molecule has 0 aromatic heterocycles. The maximum Gasteiger partial charge on any atom is 0.166 e. The van der Waals surface area contributed by atoms with Gasteiger partial charge in [0.1, 0.15) is 11.6 Å². The number of nitrogens with zero attached hydrogens (tertiary/aromatic N) is 2. The Morgan fingerprint density at radius 2 is 1.79 bits per heavy atom. The zero-order valence-corrected chi connectivity index (χ0v) is 16.7. The second-order valence-corrected chi connectivity index (χ2v) is 7.55. The van der Waals surface area contributed by atoms with E-state index in [4.69, 9.17) is 4.74 Å². The highest BCUT2D eigenvalue weighted by atomic mass is 19.1. The first-order valence-corrected chi connectivity index (χ1v) is 9.96. The standard InChI is InChI=1S/C23H29FN2O2/c1-25(2)21-6-3-4-7-22(21)28-17-5-14-26-15-12-19(13-16-26)23(27)18-8-10-20(24)11-9-18/h3-4,6-11,19H,5,12-17H2,1-2H3. The van der Waals surface area contributed by atoms with Gasteiger partial charge in [-0.2, -0.15) is 0 Å². The summed E-state index contributed by atoms with van der Waals surface area (Å²) in [6, 6.07) is 14.0. The van der Waals surface area contributed by atoms with Gasteiger partial charge in [-0.1, -0.05) is 12.1 Å². The van der Waals surface area contributed by atoms with Gasteiger partial charge < -0.3 is 14.5 Å². The third-order valence-corrected chi connectivity index (χ3v) is 5.31. The van der Waals surface area contributed by atoms with Gasteiger partial charge in [-0.05, 0) is 68.8 Å². The summed E-state index contributed by atoms with van der Waals surface area (Å²) < 4.78 is 19.0. The highest BCUT2D eigenvalue weighted by Crippen LogP contribution is 2.26. The van der Waals surface area contributed by atoms with E-state index in [1.165, 1.54) is 12.1 Å². The number of piperidine rings is 1. The number of rotatable bonds is 8. The van der Waals surface area contributed by atoms with Crippen LogP contribution in [-0.2, 0) is 0 Å². The van der Waals surface area contributed by atoms with Gasteiger partial charge >= 0.3 is 0 Å². The Bertz CT molecular complexity index is 768. The Balaban J connectivity index is 1.39. The quantitative estimate of drug-likeness (QED) is 0.503. The van der Waals surface area contributed by atoms with Crippen molar-refractivity contribution < 1.29 is 13.9 Å². The number of ether oxygens (including phenoxy) is 1. The molecule has 0 spiro atoms. The first-order valence-electron chi connectivity index (χ1n) is 9.96. The molecular formula is C23H29FN2O2. The van der Waals surface area contributed by atoms with Crippen molar-refractivity contribution in [2.75, 3.05) is 45.2 Å². The number of likely N-dealkylation sites (tertiary alicyclic amines) is 1. The number of halogens is 1. The average Bonchev–Trinajstić information content (AvgIpc) is 2.72. The van der Waals surface area contributed by atoms with Crippen LogP contribution in [0.1, 0.15) is 29.6 Å². The fourth-order valence-electron chi connectivity index (χ4n) is 3.69. The van der Waals surface area contributed by atoms with Gasteiger partial charge in [-0.3, -0.25) is 4.79 Å². The normalized spacial score (nSPS) is 15.4. The molecule has 150 valence electrons. The van der Waals surface area contributed by atoms with Crippen molar-refractivity contribution in [3.05, 3.63) is 59.9 Å². The monoisotopic (exact) mass is 384 g/mol. The minimum absolute atomic E-state index is 0.0462. The molecule has 0 radical (unpaired) electrons. The molecule has 1 aliphatic rings. The molecule has 0 bridgehead atoms. The Kier molecular flexibility index (Phi) is 7.04. The maximum atomic E-state index is 13.0. The molecule has 0 unspecified atom stereocenters. The van der Waals surface area contributed by atoms with Crippen LogP contribution in [0.3, 0.4) is 0 Å². The van der Waals surface area contributed by atoms with E-state index in [0.717, 1.165) is 50.3 Å². The van der Waals surface area contributed by atoms with Crippen LogP contribution in [-0.4, -0.2) is 51.0 Å². The van der Waals surface area contributed by atoms with Crippen LogP contribution in [0.5, 0.6) is 5.75 Å². The molecule has 2 aromatic carbocycles. The van der Waals surface area contributed by atoms with E-state index < -0.39 is 0 Å². The topological polar surface area (TPSA) is 32.8 Å². The lowest BCUT2D eigenvalue weighted by Gasteiger charge is -2.31. The van der Waals surface area contributed by atoms with Gasteiger partial charge in [0.25, 0.3) is 0 Å². The van der Waals surface area contributed by atoms with Gasteiger partial charge in [-0.25, -0.2) is 4.39 Å². The zero-order valence-electron chi connectivity index (χ0n) is 16.7. The molecular weight excluding hydrogens is 355 g/mol. The zero-order chi connectivity index (χ0) is 19.9. The second-order valence-electron chi connectivity index (χ2n) is 7.55. The smallest absolute Gasteiger partial charge is 0.166 e. The van der Waals surface area contributed by atoms with Crippen molar-refractivity contribution in [2.45, 2.75) is 19.3 Å². The molecule has 0 saturated carbocycles. The fourth-order valence-corrected chi connectivity index (χ4v) is 3.69. The van der Waals surface area contributed by atoms with E-state index in [0.29, 0.717) is 12.2 Å². The number of carbonyl (C=O) groups is 1. The van der Waals surface area contributed by atoms with E-state index in [1.807, 2.05) is 32.3 Å². The fraction of sp³-hybridized carbons (Fsp3) is 0.435. The summed E-state index contributed by atoms with van der Waals surface area (Å²) >= 11 is 0. The highest BCUT2D eigenvalue weighted by molar-refractivity contribution is 5.97. The predicted octanol–water partition coefficient (Wildman–Crippen LogP) is 4.26. The molecule has 4 nitrogen and oxygen atoms in total. The summed E-state index contributed by atoms with van der Waals surface area (Å²) in [7, 11) is 4.03. The van der Waals surface area contributed by atoms with E-state index in [2.05, 4.69) is 15.9 Å². The number of hydrogen-bond donors (Lipinski definition) is 0. The van der Waals surface area contributed by atoms with Crippen LogP contribution in [0.25, 0.3) is 0 Å². The molecule has 1 saturated heterocycles. The highest BCUT2D eigenvalue weighted by Gasteiger charge is 2.25. The number of para-hydroxylation sites is 2. The summed E-state index contributed by atoms with van der Waals surface area (Å²) in [5.41, 5.74) is 1.70. The molecule has 1 heterocycles. The lowest BCUT2D eigenvalue weighted by atomic mass is 9.89. The van der Waals surface area contributed by atoms with Gasteiger partial charge in [0.15, 0.2) is 5.78 Å². The van der Waals surface area contributed by atoms with Crippen molar-refractivity contribution >= 4 is 11.5 Å². The Labute approximate surface area is 166 Å². The van der Waals surface area contributed by atoms with Crippen LogP contribution in [0, 0.1) is 11.7 Å². The predicted molar refractivity (Wildman–Crippen MR) is 111 cm³/mol. The van der Waals surface area contributed by atoms with Crippen molar-refractivity contribution in [3.8, 4) is 5.75 Å². The molecule has 0 aliphatic carbocycles. The van der Waals surface area contributed by atoms with E-state index in [9.17, 15) is 9.18 Å². The number of hydrogen-bond acceptors (Lipinski definition) is 4. The second kappa shape index (κ2) is 9.69. The van der Waals surface area contributed by atoms with E-state index >= 15 is 0 Å². The number of anilines is 1. The number of Topliss-reactive ketones (excluding diaryl/α,β-unsaturated/α-hetero) is 1. The lowest BCUT2D eigenvalue weighted by molar-refractivity contribution is 0.0835. The Morgan fingerprint density at radius 1 is 1.11 bits per heavy atom. The molecule has 1 aliphatic heterocycles. The third-order valence-electron chi connectivity index (χ3n) is 5.31. The SMILES string of the molecule is CN(C)c1ccccc1OCCCN1CCC(C(=O)c2ccc(F)cc2)CC1. The summed E-state index contributed by atoms with van der Waals surface area (Å²) in [5.74, 6) is 0.797. The molecule has 0 N–H and O–H groups in total. The Morgan fingerprint density at radius 3 is 2.46 bits per heavy atom. The summed E-state index contributed by atoms with van der Waals surface area (Å²) in [6.07, 6.45) is 2.68. The minimum Gasteiger partial charge on any atom is -0.491 e. The van der Waals surface area contributed by atoms with Gasteiger partial charge in [0.2, 0.25) is 0 Å². The summed E-state index contributed by atoms with van der Waals surface area (Å²) in [6.45, 7) is 3.50. The van der Waals surface area contributed by atoms with Crippen molar-refractivity contribution in [3.63, 3.8) is 0 Å². The summed E-state index contributed by atoms with van der Waals surface area (Å²) in [5, 5.41) is 0. The molecule has 5 heteroatoms. The maximum absolute atomic E-state index is 13.0. The van der Waals surface area contributed by atoms with Crippen LogP contribution < -0.4 is 9.64 Å². The number of ketones is 1. The molecule has 3 rings (SSSR count). The van der Waals surface area contributed by atoms with Crippen molar-refractivity contribution in [1.29, 1.82) is 0 Å². The number of carbonyl (C=O) groups excluding carboxylic acids is 1. The van der Waals surface area contributed by atoms with Crippen LogP contribution in [0.2, 0.25) is 0 Å². The molecule has 0 atom stereocenters. The molecule has 0 amide bonds. The molecule has 1 fully saturated rings. The van der Waals surface area contributed by atoms with Crippen LogP contribution >= 0.6 is 0 Å². The molecule has 28 heavy (non-hydrogen) atoms. The van der Waals surface area contributed by atoms with E-state index in [1.54, 1.807) is 12.1 Å². The lowest BCUT2D eigenvalue weighted by Crippen LogP contribution is -2.37. The van der Waals surface area contributed by atoms with Gasteiger partial charge in [0, 0.05) is 32.1 Å². The summed E-state index contributed by atoms with van der Waals surface area (Å²) in [4.78, 5) is 17.0. The first kappa shape index (κ1) is 20.3. The van der Waals surface area contributed by atoms with Crippen LogP contribution in [0.4, 0.5) is 10.1 Å². The van der Waals surface area contributed by atoms with E-state index in [-0.39, 0.29) is 17.5 Å². The first-order chi connectivity index (χ1) is 13.5. The largest absolute Gasteiger partial charge is 0.491 e. The average molecular weight is 384 g/mol. The Hall–Kier alpha value is -2.40. The van der Waals surface area contributed by atoms with Crippen molar-refractivity contribution in [1.82, 2.24) is 4.90 Å². The van der Waals surface area contributed by atoms with Gasteiger partial charge in [-0.15, -0.1) is 0 Å². The van der Waals surface area contributed by atoms with Crippen molar-refractivity contribution in [2.24, 2.45) is 5.92 Å². The number of benzene rings is 2. The van der Waals surface area contributed by atoms with Crippen LogP contribution in [0.15, 0.2) is 48.5 Å².